The number of carbonyl (C=O) groups excluding carboxylic acids is 1. The number of hydrogen-bond acceptors (Lipinski definition) is 4. The fraction of sp³-hybridized carbons (Fsp3) is 0.600. The molecule has 0 bridgehead atoms. The van der Waals surface area contributed by atoms with Gasteiger partial charge in [0, 0.05) is 0 Å². The van der Waals surface area contributed by atoms with Gasteiger partial charge in [-0.3, -0.25) is 4.79 Å². The van der Waals surface area contributed by atoms with E-state index in [2.05, 4.69) is 15.5 Å². The summed E-state index contributed by atoms with van der Waals surface area (Å²) in [6, 6.07) is -0.255. The van der Waals surface area contributed by atoms with E-state index in [1.54, 1.807) is 6.92 Å². The van der Waals surface area contributed by atoms with Gasteiger partial charge in [-0.05, 0) is 24.3 Å². The molecule has 0 aliphatic rings. The van der Waals surface area contributed by atoms with Crippen LogP contribution in [0.2, 0.25) is 0 Å². The van der Waals surface area contributed by atoms with Crippen LogP contribution < -0.4 is 0 Å². The minimum atomic E-state index is -0.255. The molecule has 0 aliphatic carbocycles. The normalized spacial score (nSPS) is 13.0. The van der Waals surface area contributed by atoms with E-state index in [1.165, 1.54) is 17.9 Å². The second-order valence-corrected chi connectivity index (χ2v) is 2.08. The number of ketones is 1. The monoisotopic (exact) mass is 140 g/mol. The SMILES string of the molecule is CC(=O)C(C)n1cnnn1. The molecule has 10 heavy (non-hydrogen) atoms. The summed E-state index contributed by atoms with van der Waals surface area (Å²) in [6.07, 6.45) is 1.42. The second-order valence-electron chi connectivity index (χ2n) is 2.08. The molecular weight excluding hydrogens is 132 g/mol. The lowest BCUT2D eigenvalue weighted by molar-refractivity contribution is -0.119. The van der Waals surface area contributed by atoms with E-state index in [0.29, 0.717) is 0 Å². The van der Waals surface area contributed by atoms with Crippen molar-refractivity contribution in [2.45, 2.75) is 19.9 Å². The zero-order valence-corrected chi connectivity index (χ0v) is 5.85. The van der Waals surface area contributed by atoms with Gasteiger partial charge in [-0.15, -0.1) is 5.10 Å². The van der Waals surface area contributed by atoms with Gasteiger partial charge < -0.3 is 0 Å². The van der Waals surface area contributed by atoms with Gasteiger partial charge in [0.25, 0.3) is 0 Å². The lowest BCUT2D eigenvalue weighted by Crippen LogP contribution is -2.13. The lowest BCUT2D eigenvalue weighted by atomic mass is 10.2. The van der Waals surface area contributed by atoms with Crippen LogP contribution in [0.5, 0.6) is 0 Å². The zero-order chi connectivity index (χ0) is 7.56. The van der Waals surface area contributed by atoms with Gasteiger partial charge >= 0.3 is 0 Å². The summed E-state index contributed by atoms with van der Waals surface area (Å²) in [7, 11) is 0. The molecule has 0 aliphatic heterocycles. The van der Waals surface area contributed by atoms with E-state index < -0.39 is 0 Å². The van der Waals surface area contributed by atoms with Crippen molar-refractivity contribution in [3.05, 3.63) is 6.33 Å². The van der Waals surface area contributed by atoms with E-state index in [1.807, 2.05) is 0 Å². The van der Waals surface area contributed by atoms with Crippen molar-refractivity contribution in [1.82, 2.24) is 20.2 Å². The average Bonchev–Trinajstić information content (AvgIpc) is 2.36. The Morgan fingerprint density at radius 1 is 1.70 bits per heavy atom. The van der Waals surface area contributed by atoms with Crippen molar-refractivity contribution in [3.8, 4) is 0 Å². The Balaban J connectivity index is 2.77. The van der Waals surface area contributed by atoms with Crippen LogP contribution in [0.3, 0.4) is 0 Å². The number of nitrogens with zero attached hydrogens (tertiary/aromatic N) is 4. The zero-order valence-electron chi connectivity index (χ0n) is 5.85. The molecule has 54 valence electrons. The Kier molecular flexibility index (Phi) is 1.75. The fourth-order valence-corrected chi connectivity index (χ4v) is 0.532. The van der Waals surface area contributed by atoms with Gasteiger partial charge in [-0.25, -0.2) is 4.68 Å². The summed E-state index contributed by atoms with van der Waals surface area (Å²) in [4.78, 5) is 10.7. The number of rotatable bonds is 2. The van der Waals surface area contributed by atoms with Crippen LogP contribution in [0.25, 0.3) is 0 Å². The summed E-state index contributed by atoms with van der Waals surface area (Å²) in [5, 5.41) is 10.4. The Morgan fingerprint density at radius 3 is 2.80 bits per heavy atom. The van der Waals surface area contributed by atoms with E-state index in [4.69, 9.17) is 0 Å². The van der Waals surface area contributed by atoms with Crippen LogP contribution >= 0.6 is 0 Å². The minimum absolute atomic E-state index is 0.0484. The predicted octanol–water partition coefficient (Wildman–Crippen LogP) is -0.177. The molecule has 0 saturated carbocycles. The lowest BCUT2D eigenvalue weighted by Gasteiger charge is -2.03. The van der Waals surface area contributed by atoms with Crippen molar-refractivity contribution >= 4 is 5.78 Å². The van der Waals surface area contributed by atoms with Gasteiger partial charge in [-0.1, -0.05) is 0 Å². The second kappa shape index (κ2) is 2.55. The summed E-state index contributed by atoms with van der Waals surface area (Å²) >= 11 is 0. The molecule has 5 nitrogen and oxygen atoms in total. The van der Waals surface area contributed by atoms with Crippen molar-refractivity contribution < 1.29 is 4.79 Å². The first-order valence-corrected chi connectivity index (χ1v) is 2.94. The summed E-state index contributed by atoms with van der Waals surface area (Å²) in [6.45, 7) is 3.26. The van der Waals surface area contributed by atoms with Crippen LogP contribution in [0.4, 0.5) is 0 Å². The molecule has 0 aromatic carbocycles. The number of aromatic nitrogens is 4. The first-order valence-electron chi connectivity index (χ1n) is 2.94. The predicted molar refractivity (Wildman–Crippen MR) is 33.2 cm³/mol. The molecule has 0 fully saturated rings. The maximum absolute atomic E-state index is 10.7. The van der Waals surface area contributed by atoms with Crippen LogP contribution in [0, 0.1) is 0 Å². The third kappa shape index (κ3) is 1.18. The molecule has 1 rings (SSSR count). The standard InChI is InChI=1S/C5H8N4O/c1-4(5(2)10)9-3-6-7-8-9/h3-4H,1-2H3. The number of carbonyl (C=O) groups is 1. The highest BCUT2D eigenvalue weighted by Crippen LogP contribution is 2.00. The molecule has 0 N–H and O–H groups in total. The van der Waals surface area contributed by atoms with Gasteiger partial charge in [0.15, 0.2) is 5.78 Å². The highest BCUT2D eigenvalue weighted by atomic mass is 16.1. The maximum Gasteiger partial charge on any atom is 0.154 e. The Bertz CT molecular complexity index is 218. The van der Waals surface area contributed by atoms with Gasteiger partial charge in [-0.2, -0.15) is 0 Å². The summed E-state index contributed by atoms with van der Waals surface area (Å²) in [5.74, 6) is 0.0484. The third-order valence-electron chi connectivity index (χ3n) is 1.35. The average molecular weight is 140 g/mol. The molecule has 0 spiro atoms. The largest absolute Gasteiger partial charge is 0.298 e. The van der Waals surface area contributed by atoms with Crippen molar-refractivity contribution in [2.24, 2.45) is 0 Å². The van der Waals surface area contributed by atoms with Crippen LogP contribution in [0.1, 0.15) is 19.9 Å². The first-order chi connectivity index (χ1) is 4.72. The molecule has 1 aromatic rings. The summed E-state index contributed by atoms with van der Waals surface area (Å²) < 4.78 is 1.42. The maximum atomic E-state index is 10.7. The highest BCUT2D eigenvalue weighted by Gasteiger charge is 2.09. The van der Waals surface area contributed by atoms with Crippen molar-refractivity contribution in [3.63, 3.8) is 0 Å². The van der Waals surface area contributed by atoms with Gasteiger partial charge in [0.05, 0.1) is 0 Å². The van der Waals surface area contributed by atoms with E-state index in [0.717, 1.165) is 0 Å². The smallest absolute Gasteiger partial charge is 0.154 e. The highest BCUT2D eigenvalue weighted by molar-refractivity contribution is 5.79. The molecule has 0 amide bonds. The van der Waals surface area contributed by atoms with Crippen LogP contribution in [-0.4, -0.2) is 26.0 Å². The van der Waals surface area contributed by atoms with Crippen LogP contribution in [0.15, 0.2) is 6.33 Å². The Labute approximate surface area is 58.0 Å². The minimum Gasteiger partial charge on any atom is -0.298 e. The van der Waals surface area contributed by atoms with Crippen molar-refractivity contribution in [1.29, 1.82) is 0 Å². The number of hydrogen-bond donors (Lipinski definition) is 0. The topological polar surface area (TPSA) is 60.7 Å². The van der Waals surface area contributed by atoms with Gasteiger partial charge in [0.1, 0.15) is 12.4 Å². The van der Waals surface area contributed by atoms with Gasteiger partial charge in [0.2, 0.25) is 0 Å². The molecule has 1 unspecified atom stereocenters. The molecule has 5 heteroatoms. The van der Waals surface area contributed by atoms with Crippen molar-refractivity contribution in [2.75, 3.05) is 0 Å². The molecular formula is C5H8N4O. The summed E-state index contributed by atoms with van der Waals surface area (Å²) in [5.41, 5.74) is 0. The molecule has 0 saturated heterocycles. The van der Waals surface area contributed by atoms with Crippen LogP contribution in [-0.2, 0) is 4.79 Å². The van der Waals surface area contributed by atoms with E-state index >= 15 is 0 Å². The molecule has 1 aromatic heterocycles. The first kappa shape index (κ1) is 6.85. The fourth-order valence-electron chi connectivity index (χ4n) is 0.532. The molecule has 1 atom stereocenters. The van der Waals surface area contributed by atoms with E-state index in [-0.39, 0.29) is 11.8 Å². The quantitative estimate of drug-likeness (QED) is 0.571. The Morgan fingerprint density at radius 2 is 2.40 bits per heavy atom. The number of Topliss-reactive ketones (excluding diaryl/α,β-unsaturated/α-hetero) is 1. The van der Waals surface area contributed by atoms with E-state index in [9.17, 15) is 4.79 Å². The molecule has 1 heterocycles. The molecule has 0 radical (unpaired) electrons. The third-order valence-corrected chi connectivity index (χ3v) is 1.35. The number of tetrazole rings is 1. The Hall–Kier alpha value is -1.26.